The van der Waals surface area contributed by atoms with Gasteiger partial charge in [0.2, 0.25) is 5.76 Å². The van der Waals surface area contributed by atoms with Gasteiger partial charge in [0.25, 0.3) is 0 Å². The van der Waals surface area contributed by atoms with Crippen molar-refractivity contribution in [3.05, 3.63) is 23.7 Å². The van der Waals surface area contributed by atoms with Crippen LogP contribution in [0.1, 0.15) is 49.0 Å². The van der Waals surface area contributed by atoms with E-state index in [4.69, 9.17) is 14.3 Å². The number of rotatable bonds is 5. The van der Waals surface area contributed by atoms with Crippen LogP contribution in [0.4, 0.5) is 0 Å². The van der Waals surface area contributed by atoms with Crippen LogP contribution in [-0.2, 0) is 4.74 Å². The molecule has 1 N–H and O–H groups in total. The minimum atomic E-state index is -1.02. The van der Waals surface area contributed by atoms with E-state index in [1.807, 2.05) is 13.8 Å². The van der Waals surface area contributed by atoms with Crippen molar-refractivity contribution in [2.75, 3.05) is 19.7 Å². The first-order valence-electron chi connectivity index (χ1n) is 6.80. The Hall–Kier alpha value is -1.33. The number of nitrogens with zero attached hydrogens (tertiary/aromatic N) is 1. The van der Waals surface area contributed by atoms with Crippen molar-refractivity contribution in [1.82, 2.24) is 4.90 Å². The first-order valence-corrected chi connectivity index (χ1v) is 6.80. The van der Waals surface area contributed by atoms with Crippen LogP contribution in [-0.4, -0.2) is 41.8 Å². The molecule has 1 fully saturated rings. The Morgan fingerprint density at radius 1 is 1.63 bits per heavy atom. The highest BCUT2D eigenvalue weighted by Crippen LogP contribution is 2.26. The van der Waals surface area contributed by atoms with Crippen molar-refractivity contribution >= 4 is 5.97 Å². The van der Waals surface area contributed by atoms with Gasteiger partial charge in [-0.3, -0.25) is 4.90 Å². The van der Waals surface area contributed by atoms with Crippen molar-refractivity contribution in [2.45, 2.75) is 38.8 Å². The summed E-state index contributed by atoms with van der Waals surface area (Å²) in [7, 11) is 0. The number of furan rings is 1. The fourth-order valence-corrected chi connectivity index (χ4v) is 2.56. The van der Waals surface area contributed by atoms with E-state index in [-0.39, 0.29) is 17.9 Å². The van der Waals surface area contributed by atoms with Gasteiger partial charge in [0.05, 0.1) is 12.1 Å². The SMILES string of the molecule is CCOC1CCCN(C(C)c2ccc(C(=O)O)o2)C1. The van der Waals surface area contributed by atoms with E-state index < -0.39 is 5.97 Å². The lowest BCUT2D eigenvalue weighted by Gasteiger charge is -2.35. The zero-order chi connectivity index (χ0) is 13.8. The number of carboxylic acids is 1. The molecule has 5 nitrogen and oxygen atoms in total. The maximum atomic E-state index is 10.8. The molecule has 2 atom stereocenters. The van der Waals surface area contributed by atoms with E-state index in [0.717, 1.165) is 32.5 Å². The number of carbonyl (C=O) groups is 1. The fraction of sp³-hybridized carbons (Fsp3) is 0.643. The number of ether oxygens (including phenoxy) is 1. The van der Waals surface area contributed by atoms with Gasteiger partial charge in [-0.05, 0) is 45.4 Å². The zero-order valence-corrected chi connectivity index (χ0v) is 11.5. The largest absolute Gasteiger partial charge is 0.475 e. The van der Waals surface area contributed by atoms with Crippen LogP contribution in [0.15, 0.2) is 16.5 Å². The number of hydrogen-bond acceptors (Lipinski definition) is 4. The highest BCUT2D eigenvalue weighted by Gasteiger charge is 2.26. The first kappa shape index (κ1) is 14.1. The Morgan fingerprint density at radius 2 is 2.42 bits per heavy atom. The molecule has 1 saturated heterocycles. The number of hydrogen-bond donors (Lipinski definition) is 1. The van der Waals surface area contributed by atoms with Crippen LogP contribution in [0, 0.1) is 0 Å². The molecule has 2 unspecified atom stereocenters. The van der Waals surface area contributed by atoms with Gasteiger partial charge >= 0.3 is 5.97 Å². The van der Waals surface area contributed by atoms with Gasteiger partial charge in [-0.1, -0.05) is 0 Å². The molecule has 1 aliphatic heterocycles. The van der Waals surface area contributed by atoms with Crippen LogP contribution >= 0.6 is 0 Å². The molecule has 106 valence electrons. The predicted octanol–water partition coefficient (Wildman–Crippen LogP) is 2.54. The van der Waals surface area contributed by atoms with E-state index in [1.54, 1.807) is 6.07 Å². The second kappa shape index (κ2) is 6.21. The van der Waals surface area contributed by atoms with Crippen LogP contribution in [0.3, 0.4) is 0 Å². The molecular formula is C14H21NO4. The van der Waals surface area contributed by atoms with Crippen molar-refractivity contribution in [3.8, 4) is 0 Å². The van der Waals surface area contributed by atoms with E-state index in [0.29, 0.717) is 5.76 Å². The molecule has 5 heteroatoms. The molecule has 1 aromatic heterocycles. The smallest absolute Gasteiger partial charge is 0.371 e. The summed E-state index contributed by atoms with van der Waals surface area (Å²) < 4.78 is 11.0. The molecular weight excluding hydrogens is 246 g/mol. The van der Waals surface area contributed by atoms with Crippen molar-refractivity contribution in [2.24, 2.45) is 0 Å². The highest BCUT2D eigenvalue weighted by molar-refractivity contribution is 5.84. The third kappa shape index (κ3) is 3.36. The molecule has 2 rings (SSSR count). The maximum absolute atomic E-state index is 10.8. The van der Waals surface area contributed by atoms with Gasteiger partial charge in [-0.25, -0.2) is 4.79 Å². The van der Waals surface area contributed by atoms with Gasteiger partial charge in [-0.2, -0.15) is 0 Å². The molecule has 0 aromatic carbocycles. The third-order valence-corrected chi connectivity index (χ3v) is 3.61. The van der Waals surface area contributed by atoms with E-state index in [2.05, 4.69) is 4.90 Å². The van der Waals surface area contributed by atoms with E-state index >= 15 is 0 Å². The number of carboxylic acid groups (broad SMARTS) is 1. The first-order chi connectivity index (χ1) is 9.11. The fourth-order valence-electron chi connectivity index (χ4n) is 2.56. The van der Waals surface area contributed by atoms with Gasteiger partial charge in [0.15, 0.2) is 0 Å². The standard InChI is InChI=1S/C14H21NO4/c1-3-18-11-5-4-8-15(9-11)10(2)12-6-7-13(19-12)14(16)17/h6-7,10-11H,3-5,8-9H2,1-2H3,(H,16,17). The molecule has 0 radical (unpaired) electrons. The predicted molar refractivity (Wildman–Crippen MR) is 70.3 cm³/mol. The Balaban J connectivity index is 2.01. The summed E-state index contributed by atoms with van der Waals surface area (Å²) in [5, 5.41) is 8.87. The molecule has 2 heterocycles. The lowest BCUT2D eigenvalue weighted by atomic mass is 10.1. The number of piperidine rings is 1. The molecule has 0 bridgehead atoms. The maximum Gasteiger partial charge on any atom is 0.371 e. The Bertz CT molecular complexity index is 427. The minimum Gasteiger partial charge on any atom is -0.475 e. The average molecular weight is 267 g/mol. The minimum absolute atomic E-state index is 0.000202. The second-order valence-corrected chi connectivity index (χ2v) is 4.90. The summed E-state index contributed by atoms with van der Waals surface area (Å²) >= 11 is 0. The second-order valence-electron chi connectivity index (χ2n) is 4.90. The van der Waals surface area contributed by atoms with Crippen LogP contribution in [0.5, 0.6) is 0 Å². The average Bonchev–Trinajstić information content (AvgIpc) is 2.88. The summed E-state index contributed by atoms with van der Waals surface area (Å²) in [5.41, 5.74) is 0. The molecule has 1 aliphatic rings. The zero-order valence-electron chi connectivity index (χ0n) is 11.5. The molecule has 1 aromatic rings. The summed E-state index contributed by atoms with van der Waals surface area (Å²) in [6, 6.07) is 3.34. The normalized spacial score (nSPS) is 22.3. The van der Waals surface area contributed by atoms with Crippen LogP contribution in [0.2, 0.25) is 0 Å². The van der Waals surface area contributed by atoms with Crippen LogP contribution in [0.25, 0.3) is 0 Å². The van der Waals surface area contributed by atoms with E-state index in [9.17, 15) is 4.79 Å². The molecule has 0 aliphatic carbocycles. The van der Waals surface area contributed by atoms with Gasteiger partial charge in [-0.15, -0.1) is 0 Å². The van der Waals surface area contributed by atoms with Crippen molar-refractivity contribution < 1.29 is 19.1 Å². The van der Waals surface area contributed by atoms with Gasteiger partial charge in [0.1, 0.15) is 5.76 Å². The Kier molecular flexibility index (Phi) is 4.61. The van der Waals surface area contributed by atoms with Gasteiger partial charge < -0.3 is 14.3 Å². The third-order valence-electron chi connectivity index (χ3n) is 3.61. The monoisotopic (exact) mass is 267 g/mol. The van der Waals surface area contributed by atoms with E-state index in [1.165, 1.54) is 6.07 Å². The topological polar surface area (TPSA) is 62.9 Å². The molecule has 0 saturated carbocycles. The summed E-state index contributed by atoms with van der Waals surface area (Å²) in [6.07, 6.45) is 2.46. The van der Waals surface area contributed by atoms with Crippen molar-refractivity contribution in [1.29, 1.82) is 0 Å². The lowest BCUT2D eigenvalue weighted by Crippen LogP contribution is -2.40. The molecule has 0 spiro atoms. The van der Waals surface area contributed by atoms with Crippen LogP contribution < -0.4 is 0 Å². The number of aromatic carboxylic acids is 1. The lowest BCUT2D eigenvalue weighted by molar-refractivity contribution is -0.00811. The summed E-state index contributed by atoms with van der Waals surface area (Å²) in [6.45, 7) is 6.65. The summed E-state index contributed by atoms with van der Waals surface area (Å²) in [4.78, 5) is 13.1. The van der Waals surface area contributed by atoms with Gasteiger partial charge in [0, 0.05) is 13.2 Å². The Labute approximate surface area is 113 Å². The Morgan fingerprint density at radius 3 is 3.05 bits per heavy atom. The van der Waals surface area contributed by atoms with Crippen molar-refractivity contribution in [3.63, 3.8) is 0 Å². The summed E-state index contributed by atoms with van der Waals surface area (Å²) in [5.74, 6) is -0.320. The number of likely N-dealkylation sites (tertiary alicyclic amines) is 1. The highest BCUT2D eigenvalue weighted by atomic mass is 16.5. The quantitative estimate of drug-likeness (QED) is 0.888. The molecule has 0 amide bonds. The molecule has 19 heavy (non-hydrogen) atoms.